The van der Waals surface area contributed by atoms with E-state index in [1.165, 1.54) is 25.7 Å². The Morgan fingerprint density at radius 2 is 2.12 bits per heavy atom. The highest BCUT2D eigenvalue weighted by atomic mass is 15.2. The van der Waals surface area contributed by atoms with Gasteiger partial charge < -0.3 is 10.6 Å². The van der Waals surface area contributed by atoms with Crippen LogP contribution < -0.4 is 10.6 Å². The molecule has 0 spiro atoms. The van der Waals surface area contributed by atoms with E-state index < -0.39 is 0 Å². The Bertz CT molecular complexity index is 371. The first kappa shape index (κ1) is 10.0. The number of hydrogen-bond donors (Lipinski definition) is 1. The molecule has 2 aliphatic rings. The minimum atomic E-state index is 0.624. The second-order valence-electron chi connectivity index (χ2n) is 4.76. The Morgan fingerprint density at radius 1 is 1.31 bits per heavy atom. The fourth-order valence-corrected chi connectivity index (χ4v) is 2.07. The molecule has 0 bridgehead atoms. The van der Waals surface area contributed by atoms with Crippen LogP contribution in [-0.2, 0) is 0 Å². The van der Waals surface area contributed by atoms with E-state index in [1.54, 1.807) is 0 Å². The van der Waals surface area contributed by atoms with Crippen molar-refractivity contribution < 1.29 is 0 Å². The summed E-state index contributed by atoms with van der Waals surface area (Å²) in [5.74, 6) is 2.73. The Balaban J connectivity index is 1.81. The number of anilines is 1. The molecule has 1 heterocycles. The molecule has 1 aromatic heterocycles. The number of nitrogens with two attached hydrogens (primary N) is 1. The van der Waals surface area contributed by atoms with Gasteiger partial charge in [-0.25, -0.2) is 9.97 Å². The third-order valence-corrected chi connectivity index (χ3v) is 3.25. The molecule has 0 amide bonds. The average molecular weight is 218 g/mol. The lowest BCUT2D eigenvalue weighted by Gasteiger charge is -2.22. The van der Waals surface area contributed by atoms with Gasteiger partial charge in [-0.1, -0.05) is 0 Å². The van der Waals surface area contributed by atoms with Gasteiger partial charge in [-0.15, -0.1) is 0 Å². The van der Waals surface area contributed by atoms with Gasteiger partial charge in [0.05, 0.1) is 0 Å². The van der Waals surface area contributed by atoms with Crippen LogP contribution in [0.5, 0.6) is 0 Å². The number of rotatable bonds is 5. The largest absolute Gasteiger partial charge is 0.352 e. The molecule has 0 aromatic carbocycles. The summed E-state index contributed by atoms with van der Waals surface area (Å²) in [7, 11) is 0. The Labute approximate surface area is 95.9 Å². The molecule has 16 heavy (non-hydrogen) atoms. The molecule has 86 valence electrons. The quantitative estimate of drug-likeness (QED) is 0.809. The molecule has 4 heteroatoms. The first-order valence-corrected chi connectivity index (χ1v) is 6.18. The van der Waals surface area contributed by atoms with E-state index in [2.05, 4.69) is 14.9 Å². The van der Waals surface area contributed by atoms with Crippen LogP contribution in [-0.4, -0.2) is 29.1 Å². The van der Waals surface area contributed by atoms with Crippen molar-refractivity contribution in [3.05, 3.63) is 18.1 Å². The minimum absolute atomic E-state index is 0.624. The Kier molecular flexibility index (Phi) is 2.52. The maximum Gasteiger partial charge on any atom is 0.133 e. The first-order valence-electron chi connectivity index (χ1n) is 6.18. The van der Waals surface area contributed by atoms with Gasteiger partial charge in [-0.2, -0.15) is 0 Å². The fraction of sp³-hybridized carbons (Fsp3) is 0.667. The summed E-state index contributed by atoms with van der Waals surface area (Å²) < 4.78 is 0. The third kappa shape index (κ3) is 2.02. The van der Waals surface area contributed by atoms with E-state index in [0.717, 1.165) is 18.2 Å². The van der Waals surface area contributed by atoms with Gasteiger partial charge in [-0.3, -0.25) is 0 Å². The van der Waals surface area contributed by atoms with Crippen molar-refractivity contribution in [3.63, 3.8) is 0 Å². The van der Waals surface area contributed by atoms with Crippen molar-refractivity contribution in [2.45, 2.75) is 37.6 Å². The molecule has 3 rings (SSSR count). The molecule has 0 saturated heterocycles. The van der Waals surface area contributed by atoms with Gasteiger partial charge >= 0.3 is 0 Å². The molecule has 2 saturated carbocycles. The molecule has 1 aromatic rings. The second kappa shape index (κ2) is 4.01. The Hall–Kier alpha value is -1.16. The highest BCUT2D eigenvalue weighted by Crippen LogP contribution is 2.39. The average Bonchev–Trinajstić information content (AvgIpc) is 3.19. The summed E-state index contributed by atoms with van der Waals surface area (Å²) in [5.41, 5.74) is 5.66. The zero-order chi connectivity index (χ0) is 11.0. The molecule has 0 radical (unpaired) electrons. The van der Waals surface area contributed by atoms with Crippen LogP contribution in [0.3, 0.4) is 0 Å². The van der Waals surface area contributed by atoms with Crippen LogP contribution in [0.1, 0.15) is 37.4 Å². The van der Waals surface area contributed by atoms with Crippen molar-refractivity contribution in [1.29, 1.82) is 0 Å². The fourth-order valence-electron chi connectivity index (χ4n) is 2.07. The highest BCUT2D eigenvalue weighted by molar-refractivity contribution is 5.41. The highest BCUT2D eigenvalue weighted by Gasteiger charge is 2.31. The zero-order valence-corrected chi connectivity index (χ0v) is 9.47. The molecule has 4 nitrogen and oxygen atoms in total. The van der Waals surface area contributed by atoms with Crippen LogP contribution in [0.15, 0.2) is 12.3 Å². The van der Waals surface area contributed by atoms with Crippen molar-refractivity contribution >= 4 is 5.82 Å². The molecular formula is C12H18N4. The van der Waals surface area contributed by atoms with Crippen LogP contribution >= 0.6 is 0 Å². The topological polar surface area (TPSA) is 55.0 Å². The SMILES string of the molecule is NCCN(c1ccnc(C2CC2)n1)C1CC1. The summed E-state index contributed by atoms with van der Waals surface area (Å²) >= 11 is 0. The second-order valence-corrected chi connectivity index (χ2v) is 4.76. The molecule has 2 fully saturated rings. The van der Waals surface area contributed by atoms with Crippen LogP contribution in [0, 0.1) is 0 Å². The lowest BCUT2D eigenvalue weighted by atomic mass is 10.3. The number of nitrogens with zero attached hydrogens (tertiary/aromatic N) is 3. The number of hydrogen-bond acceptors (Lipinski definition) is 4. The van der Waals surface area contributed by atoms with Crippen molar-refractivity contribution in [2.75, 3.05) is 18.0 Å². The van der Waals surface area contributed by atoms with Gasteiger partial charge in [-0.05, 0) is 31.7 Å². The van der Waals surface area contributed by atoms with Gasteiger partial charge in [0.1, 0.15) is 11.6 Å². The van der Waals surface area contributed by atoms with Crippen LogP contribution in [0.25, 0.3) is 0 Å². The van der Waals surface area contributed by atoms with E-state index in [-0.39, 0.29) is 0 Å². The van der Waals surface area contributed by atoms with E-state index in [9.17, 15) is 0 Å². The summed E-state index contributed by atoms with van der Waals surface area (Å²) in [6, 6.07) is 2.69. The standard InChI is InChI=1S/C12H18N4/c13-6-8-16(10-3-4-10)11-5-7-14-12(15-11)9-1-2-9/h5,7,9-10H,1-4,6,8,13H2. The van der Waals surface area contributed by atoms with Gasteiger partial charge in [0.25, 0.3) is 0 Å². The smallest absolute Gasteiger partial charge is 0.133 e. The summed E-state index contributed by atoms with van der Waals surface area (Å²) in [4.78, 5) is 11.4. The first-order chi connectivity index (χ1) is 7.88. The minimum Gasteiger partial charge on any atom is -0.352 e. The van der Waals surface area contributed by atoms with Crippen LogP contribution in [0.2, 0.25) is 0 Å². The van der Waals surface area contributed by atoms with Gasteiger partial charge in [0.15, 0.2) is 0 Å². The molecule has 0 unspecified atom stereocenters. The lowest BCUT2D eigenvalue weighted by molar-refractivity contribution is 0.759. The van der Waals surface area contributed by atoms with Crippen molar-refractivity contribution in [1.82, 2.24) is 9.97 Å². The molecule has 0 atom stereocenters. The monoisotopic (exact) mass is 218 g/mol. The number of aromatic nitrogens is 2. The van der Waals surface area contributed by atoms with E-state index in [4.69, 9.17) is 5.73 Å². The molecule has 0 aliphatic heterocycles. The third-order valence-electron chi connectivity index (χ3n) is 3.25. The predicted molar refractivity (Wildman–Crippen MR) is 63.4 cm³/mol. The summed E-state index contributed by atoms with van der Waals surface area (Å²) in [6.45, 7) is 1.60. The van der Waals surface area contributed by atoms with Crippen molar-refractivity contribution in [3.8, 4) is 0 Å². The normalized spacial score (nSPS) is 19.8. The molecule has 2 N–H and O–H groups in total. The van der Waals surface area contributed by atoms with Crippen molar-refractivity contribution in [2.24, 2.45) is 5.73 Å². The van der Waals surface area contributed by atoms with E-state index in [0.29, 0.717) is 18.5 Å². The molecular weight excluding hydrogens is 200 g/mol. The lowest BCUT2D eigenvalue weighted by Crippen LogP contribution is -2.32. The maximum absolute atomic E-state index is 5.66. The van der Waals surface area contributed by atoms with Crippen LogP contribution in [0.4, 0.5) is 5.82 Å². The van der Waals surface area contributed by atoms with E-state index in [1.807, 2.05) is 12.3 Å². The molecule has 2 aliphatic carbocycles. The summed E-state index contributed by atoms with van der Waals surface area (Å²) in [6.07, 6.45) is 6.96. The summed E-state index contributed by atoms with van der Waals surface area (Å²) in [5, 5.41) is 0. The van der Waals surface area contributed by atoms with Gasteiger partial charge in [0, 0.05) is 31.2 Å². The zero-order valence-electron chi connectivity index (χ0n) is 9.47. The van der Waals surface area contributed by atoms with E-state index >= 15 is 0 Å². The Morgan fingerprint density at radius 3 is 2.75 bits per heavy atom. The van der Waals surface area contributed by atoms with Gasteiger partial charge in [0.2, 0.25) is 0 Å². The predicted octanol–water partition coefficient (Wildman–Crippen LogP) is 1.28. The maximum atomic E-state index is 5.66.